The summed E-state index contributed by atoms with van der Waals surface area (Å²) in [5.74, 6) is 0.747. The number of rotatable bonds is 5. The molecule has 2 nitrogen and oxygen atoms in total. The first-order valence-corrected chi connectivity index (χ1v) is 6.36. The zero-order valence-corrected chi connectivity index (χ0v) is 12.0. The molecule has 0 spiro atoms. The van der Waals surface area contributed by atoms with E-state index in [1.54, 1.807) is 13.0 Å². The quantitative estimate of drug-likeness (QED) is 0.550. The van der Waals surface area contributed by atoms with E-state index in [1.807, 2.05) is 50.3 Å². The molecule has 0 heterocycles. The van der Waals surface area contributed by atoms with Gasteiger partial charge in [0.05, 0.1) is 10.8 Å². The van der Waals surface area contributed by atoms with Crippen LogP contribution in [0.5, 0.6) is 0 Å². The standard InChI is InChI=1S/C17H22O2/c1-6-13-19-15(3)17(5)10-8-7-9-16(4,11-12-17)14(2)18/h6-12H,1,3,13H2,2,4-5H3/b9-7-,10-8-,12-11?. The fourth-order valence-electron chi connectivity index (χ4n) is 1.70. The van der Waals surface area contributed by atoms with Crippen LogP contribution in [0.3, 0.4) is 0 Å². The molecule has 0 bridgehead atoms. The molecule has 2 heteroatoms. The average molecular weight is 258 g/mol. The largest absolute Gasteiger partial charge is 0.493 e. The lowest BCUT2D eigenvalue weighted by Gasteiger charge is -2.28. The monoisotopic (exact) mass is 258 g/mol. The minimum absolute atomic E-state index is 0.107. The first kappa shape index (κ1) is 15.2. The van der Waals surface area contributed by atoms with Crippen molar-refractivity contribution in [3.8, 4) is 0 Å². The van der Waals surface area contributed by atoms with Gasteiger partial charge in [0.25, 0.3) is 0 Å². The second kappa shape index (κ2) is 5.87. The van der Waals surface area contributed by atoms with Crippen molar-refractivity contribution in [1.82, 2.24) is 0 Å². The Bertz CT molecular complexity index is 468. The lowest BCUT2D eigenvalue weighted by atomic mass is 9.79. The van der Waals surface area contributed by atoms with Gasteiger partial charge in [0.15, 0.2) is 0 Å². The molecule has 102 valence electrons. The van der Waals surface area contributed by atoms with E-state index in [-0.39, 0.29) is 5.78 Å². The summed E-state index contributed by atoms with van der Waals surface area (Å²) >= 11 is 0. The third-order valence-electron chi connectivity index (χ3n) is 3.51. The fourth-order valence-corrected chi connectivity index (χ4v) is 1.70. The number of ketones is 1. The van der Waals surface area contributed by atoms with Crippen LogP contribution in [-0.2, 0) is 9.53 Å². The van der Waals surface area contributed by atoms with Crippen molar-refractivity contribution in [2.45, 2.75) is 20.8 Å². The highest BCUT2D eigenvalue weighted by Gasteiger charge is 2.29. The van der Waals surface area contributed by atoms with E-state index in [9.17, 15) is 4.79 Å². The van der Waals surface area contributed by atoms with Gasteiger partial charge in [-0.25, -0.2) is 0 Å². The lowest BCUT2D eigenvalue weighted by molar-refractivity contribution is -0.121. The number of carbonyl (C=O) groups is 1. The number of hydrogen-bond acceptors (Lipinski definition) is 2. The molecule has 0 amide bonds. The summed E-state index contributed by atoms with van der Waals surface area (Å²) in [5, 5.41) is 0. The Morgan fingerprint density at radius 2 is 1.68 bits per heavy atom. The molecule has 2 atom stereocenters. The number of hydrogen-bond donors (Lipinski definition) is 0. The van der Waals surface area contributed by atoms with E-state index >= 15 is 0 Å². The predicted molar refractivity (Wildman–Crippen MR) is 79.6 cm³/mol. The van der Waals surface area contributed by atoms with Gasteiger partial charge in [-0.2, -0.15) is 0 Å². The Hall–Kier alpha value is -1.83. The van der Waals surface area contributed by atoms with Crippen molar-refractivity contribution in [2.75, 3.05) is 6.61 Å². The van der Waals surface area contributed by atoms with Crippen molar-refractivity contribution < 1.29 is 9.53 Å². The van der Waals surface area contributed by atoms with Crippen LogP contribution in [0.15, 0.2) is 61.4 Å². The molecule has 0 radical (unpaired) electrons. The van der Waals surface area contributed by atoms with Crippen molar-refractivity contribution in [3.05, 3.63) is 61.4 Å². The number of allylic oxidation sites excluding steroid dienone is 5. The van der Waals surface area contributed by atoms with E-state index in [2.05, 4.69) is 13.2 Å². The molecule has 0 saturated carbocycles. The van der Waals surface area contributed by atoms with Gasteiger partial charge in [0.2, 0.25) is 0 Å². The molecule has 1 rings (SSSR count). The summed E-state index contributed by atoms with van der Waals surface area (Å²) < 4.78 is 5.53. The zero-order valence-electron chi connectivity index (χ0n) is 12.0. The summed E-state index contributed by atoms with van der Waals surface area (Å²) in [6.45, 7) is 13.5. The lowest BCUT2D eigenvalue weighted by Crippen LogP contribution is -2.23. The normalized spacial score (nSPS) is 32.8. The van der Waals surface area contributed by atoms with E-state index in [4.69, 9.17) is 4.74 Å². The van der Waals surface area contributed by atoms with Crippen LogP contribution in [0.25, 0.3) is 0 Å². The second-order valence-corrected chi connectivity index (χ2v) is 5.20. The molecule has 0 fully saturated rings. The topological polar surface area (TPSA) is 26.3 Å². The van der Waals surface area contributed by atoms with Crippen LogP contribution < -0.4 is 0 Å². The van der Waals surface area contributed by atoms with Crippen molar-refractivity contribution in [2.24, 2.45) is 10.8 Å². The van der Waals surface area contributed by atoms with Crippen LogP contribution in [-0.4, -0.2) is 12.4 Å². The van der Waals surface area contributed by atoms with Gasteiger partial charge in [0, 0.05) is 0 Å². The highest BCUT2D eigenvalue weighted by atomic mass is 16.5. The highest BCUT2D eigenvalue weighted by molar-refractivity contribution is 5.86. The van der Waals surface area contributed by atoms with Crippen molar-refractivity contribution in [3.63, 3.8) is 0 Å². The summed E-state index contributed by atoms with van der Waals surface area (Å²) in [6, 6.07) is 0. The van der Waals surface area contributed by atoms with Crippen LogP contribution in [0.4, 0.5) is 0 Å². The molecule has 0 aromatic carbocycles. The van der Waals surface area contributed by atoms with Gasteiger partial charge in [0.1, 0.15) is 18.1 Å². The van der Waals surface area contributed by atoms with Gasteiger partial charge in [-0.05, 0) is 20.8 Å². The third-order valence-corrected chi connectivity index (χ3v) is 3.51. The summed E-state index contributed by atoms with van der Waals surface area (Å²) in [6.07, 6.45) is 13.3. The molecule has 2 unspecified atom stereocenters. The van der Waals surface area contributed by atoms with Crippen molar-refractivity contribution in [1.29, 1.82) is 0 Å². The molecule has 0 aromatic rings. The molecule has 1 aliphatic carbocycles. The van der Waals surface area contributed by atoms with E-state index in [1.165, 1.54) is 0 Å². The van der Waals surface area contributed by atoms with E-state index in [0.717, 1.165) is 0 Å². The average Bonchev–Trinajstić information content (AvgIpc) is 2.36. The van der Waals surface area contributed by atoms with E-state index < -0.39 is 10.8 Å². The molecular formula is C17H22O2. The summed E-state index contributed by atoms with van der Waals surface area (Å²) in [7, 11) is 0. The van der Waals surface area contributed by atoms with Gasteiger partial charge >= 0.3 is 0 Å². The molecule has 1 aliphatic rings. The number of Topliss-reactive ketones (excluding diaryl/α,β-unsaturated/α-hetero) is 1. The maximum atomic E-state index is 11.7. The van der Waals surface area contributed by atoms with Crippen LogP contribution in [0.1, 0.15) is 20.8 Å². The zero-order chi connectivity index (χ0) is 14.5. The fraction of sp³-hybridized carbons (Fsp3) is 0.353. The Labute approximate surface area is 115 Å². The predicted octanol–water partition coefficient (Wildman–Crippen LogP) is 3.99. The molecule has 0 aliphatic heterocycles. The first-order chi connectivity index (χ1) is 8.84. The van der Waals surface area contributed by atoms with Gasteiger partial charge in [-0.1, -0.05) is 55.7 Å². The maximum Gasteiger partial charge on any atom is 0.143 e. The molecule has 19 heavy (non-hydrogen) atoms. The summed E-state index contributed by atoms with van der Waals surface area (Å²) in [5.41, 5.74) is -1.00. The Morgan fingerprint density at radius 1 is 1.16 bits per heavy atom. The van der Waals surface area contributed by atoms with Crippen LogP contribution in [0.2, 0.25) is 0 Å². The minimum Gasteiger partial charge on any atom is -0.493 e. The Balaban J connectivity index is 3.07. The highest BCUT2D eigenvalue weighted by Crippen LogP contribution is 2.34. The minimum atomic E-state index is -0.579. The molecule has 0 saturated heterocycles. The van der Waals surface area contributed by atoms with Crippen LogP contribution in [0, 0.1) is 10.8 Å². The SMILES string of the molecule is C=CCOC(=C)C1(C)C=CC(C)(C(C)=O)/C=C\C=C/1. The third kappa shape index (κ3) is 3.57. The van der Waals surface area contributed by atoms with Gasteiger partial charge < -0.3 is 4.74 Å². The number of carbonyl (C=O) groups excluding carboxylic acids is 1. The number of ether oxygens (including phenoxy) is 1. The molecule has 0 aromatic heterocycles. The maximum absolute atomic E-state index is 11.7. The molecule has 0 N–H and O–H groups in total. The van der Waals surface area contributed by atoms with E-state index in [0.29, 0.717) is 12.4 Å². The van der Waals surface area contributed by atoms with Gasteiger partial charge in [-0.15, -0.1) is 0 Å². The Kier molecular flexibility index (Phi) is 4.71. The smallest absolute Gasteiger partial charge is 0.143 e. The van der Waals surface area contributed by atoms with Crippen molar-refractivity contribution >= 4 is 5.78 Å². The van der Waals surface area contributed by atoms with Crippen LogP contribution >= 0.6 is 0 Å². The second-order valence-electron chi connectivity index (χ2n) is 5.20. The first-order valence-electron chi connectivity index (χ1n) is 6.36. The molecular weight excluding hydrogens is 236 g/mol. The Morgan fingerprint density at radius 3 is 2.21 bits per heavy atom. The van der Waals surface area contributed by atoms with Gasteiger partial charge in [-0.3, -0.25) is 4.79 Å². The summed E-state index contributed by atoms with van der Waals surface area (Å²) in [4.78, 5) is 11.7.